The van der Waals surface area contributed by atoms with Gasteiger partial charge in [-0.05, 0) is 49.0 Å². The van der Waals surface area contributed by atoms with E-state index in [1.807, 2.05) is 36.4 Å². The lowest BCUT2D eigenvalue weighted by molar-refractivity contribution is -0.142. The quantitative estimate of drug-likeness (QED) is 0.117. The Morgan fingerprint density at radius 1 is 0.783 bits per heavy atom. The van der Waals surface area contributed by atoms with Gasteiger partial charge < -0.3 is 32.3 Å². The number of nitrogens with zero attached hydrogens (tertiary/aromatic N) is 1. The van der Waals surface area contributed by atoms with E-state index in [2.05, 4.69) is 26.8 Å². The molecular formula is C42H58N8O9S. The number of hydrazine groups is 1. The number of ketones is 3. The number of benzene rings is 2. The minimum absolute atomic E-state index is 0.00911. The first-order valence-corrected chi connectivity index (χ1v) is 21.2. The molecule has 18 heteroatoms. The second-order valence-corrected chi connectivity index (χ2v) is 16.1. The van der Waals surface area contributed by atoms with Crippen molar-refractivity contribution >= 4 is 64.6 Å². The number of amides is 6. The molecule has 3 rings (SSSR count). The number of primary amides is 2. The van der Waals surface area contributed by atoms with E-state index in [1.165, 1.54) is 23.6 Å². The maximum Gasteiger partial charge on any atom is 0.243 e. The molecule has 6 amide bonds. The summed E-state index contributed by atoms with van der Waals surface area (Å²) < 4.78 is 0. The topological polar surface area (TPSA) is 269 Å². The highest BCUT2D eigenvalue weighted by Gasteiger charge is 2.37. The van der Waals surface area contributed by atoms with Crippen LogP contribution in [0.15, 0.2) is 60.7 Å². The third-order valence-electron chi connectivity index (χ3n) is 10.00. The third kappa shape index (κ3) is 16.7. The maximum atomic E-state index is 14.2. The Labute approximate surface area is 354 Å². The lowest BCUT2D eigenvalue weighted by Crippen LogP contribution is -2.60. The van der Waals surface area contributed by atoms with Crippen molar-refractivity contribution in [1.82, 2.24) is 31.7 Å². The minimum Gasteiger partial charge on any atom is -0.370 e. The summed E-state index contributed by atoms with van der Waals surface area (Å²) in [5.74, 6) is -6.78. The molecule has 1 heterocycles. The molecular weight excluding hydrogens is 793 g/mol. The Morgan fingerprint density at radius 3 is 2.02 bits per heavy atom. The Morgan fingerprint density at radius 2 is 1.42 bits per heavy atom. The Hall–Kier alpha value is -5.46. The molecule has 0 saturated carbocycles. The second-order valence-electron chi connectivity index (χ2n) is 14.9. The minimum atomic E-state index is -1.63. The average Bonchev–Trinajstić information content (AvgIpc) is 3.22. The molecule has 60 heavy (non-hydrogen) atoms. The van der Waals surface area contributed by atoms with E-state index in [9.17, 15) is 43.2 Å². The fourth-order valence-corrected chi connectivity index (χ4v) is 7.38. The van der Waals surface area contributed by atoms with Crippen LogP contribution in [0.2, 0.25) is 0 Å². The van der Waals surface area contributed by atoms with Gasteiger partial charge in [-0.3, -0.25) is 43.2 Å². The van der Waals surface area contributed by atoms with Crippen LogP contribution in [-0.2, 0) is 56.0 Å². The summed E-state index contributed by atoms with van der Waals surface area (Å²) in [5.41, 5.74) is 18.0. The Bertz CT molecular complexity index is 1820. The lowest BCUT2D eigenvalue weighted by atomic mass is 9.94. The molecule has 17 nitrogen and oxygen atoms in total. The van der Waals surface area contributed by atoms with Crippen LogP contribution >= 0.6 is 11.8 Å². The van der Waals surface area contributed by atoms with E-state index in [0.717, 1.165) is 11.1 Å². The van der Waals surface area contributed by atoms with Gasteiger partial charge in [-0.2, -0.15) is 11.8 Å². The molecule has 1 aliphatic heterocycles. The molecule has 1 fully saturated rings. The highest BCUT2D eigenvalue weighted by molar-refractivity contribution is 7.99. The SMILES string of the molecule is CC[C@H](C)[C@@H]1NC(=O)[C@H](Cc2ccccc2)NC(=O)CCSCC[C@@H](C(=O)N(CCc2ccccc2)CC(C)=O)NN[C@@H](CC(N)=O)C(=O)C(=O)[C@H](CCC(N)=O)NC1=O. The smallest absolute Gasteiger partial charge is 0.243 e. The summed E-state index contributed by atoms with van der Waals surface area (Å²) in [6.07, 6.45) is -0.457. The van der Waals surface area contributed by atoms with E-state index >= 15 is 0 Å². The van der Waals surface area contributed by atoms with Crippen molar-refractivity contribution in [3.63, 3.8) is 0 Å². The number of nitrogens with one attached hydrogen (secondary N) is 5. The van der Waals surface area contributed by atoms with Gasteiger partial charge in [0.05, 0.1) is 25.0 Å². The molecule has 1 saturated heterocycles. The van der Waals surface area contributed by atoms with Crippen LogP contribution in [0, 0.1) is 5.92 Å². The van der Waals surface area contributed by atoms with Gasteiger partial charge in [0.25, 0.3) is 0 Å². The van der Waals surface area contributed by atoms with E-state index in [-0.39, 0.29) is 38.1 Å². The molecule has 1 aliphatic rings. The number of Topliss-reactive ketones (excluding diaryl/α,β-unsaturated/α-hetero) is 3. The van der Waals surface area contributed by atoms with Crippen molar-refractivity contribution in [1.29, 1.82) is 0 Å². The van der Waals surface area contributed by atoms with Crippen molar-refractivity contribution in [2.24, 2.45) is 17.4 Å². The molecule has 2 aromatic carbocycles. The second kappa shape index (κ2) is 25.2. The van der Waals surface area contributed by atoms with E-state index in [1.54, 1.807) is 38.1 Å². The number of thioether (sulfide) groups is 1. The number of rotatable bonds is 15. The molecule has 0 radical (unpaired) electrons. The molecule has 0 bridgehead atoms. The van der Waals surface area contributed by atoms with Crippen LogP contribution in [-0.4, -0.2) is 112 Å². The third-order valence-corrected chi connectivity index (χ3v) is 11.0. The van der Waals surface area contributed by atoms with Crippen molar-refractivity contribution in [2.75, 3.05) is 24.6 Å². The first kappa shape index (κ1) is 48.9. The van der Waals surface area contributed by atoms with Gasteiger partial charge >= 0.3 is 0 Å². The van der Waals surface area contributed by atoms with Crippen LogP contribution in [0.1, 0.15) is 70.4 Å². The first-order chi connectivity index (χ1) is 28.6. The van der Waals surface area contributed by atoms with E-state index in [0.29, 0.717) is 24.3 Å². The van der Waals surface area contributed by atoms with Gasteiger partial charge in [0, 0.05) is 31.6 Å². The van der Waals surface area contributed by atoms with Crippen molar-refractivity contribution in [3.8, 4) is 0 Å². The van der Waals surface area contributed by atoms with Crippen LogP contribution in [0.5, 0.6) is 0 Å². The zero-order valence-electron chi connectivity index (χ0n) is 34.4. The van der Waals surface area contributed by atoms with Crippen molar-refractivity contribution in [2.45, 2.75) is 102 Å². The van der Waals surface area contributed by atoms with Crippen LogP contribution in [0.4, 0.5) is 0 Å². The van der Waals surface area contributed by atoms with Gasteiger partial charge in [0.15, 0.2) is 0 Å². The zero-order chi connectivity index (χ0) is 44.2. The van der Waals surface area contributed by atoms with Crippen LogP contribution in [0.25, 0.3) is 0 Å². The summed E-state index contributed by atoms with van der Waals surface area (Å²) >= 11 is 1.34. The van der Waals surface area contributed by atoms with Gasteiger partial charge in [0.1, 0.15) is 23.9 Å². The van der Waals surface area contributed by atoms with Crippen molar-refractivity contribution in [3.05, 3.63) is 71.8 Å². The zero-order valence-corrected chi connectivity index (χ0v) is 35.2. The summed E-state index contributed by atoms with van der Waals surface area (Å²) in [6, 6.07) is 11.6. The molecule has 0 spiro atoms. The lowest BCUT2D eigenvalue weighted by Gasteiger charge is -2.30. The fraction of sp³-hybridized carbons (Fsp3) is 0.500. The fourth-order valence-electron chi connectivity index (χ4n) is 6.44. The summed E-state index contributed by atoms with van der Waals surface area (Å²) in [6.45, 7) is 4.80. The molecule has 2 aromatic rings. The number of hydrogen-bond donors (Lipinski definition) is 7. The molecule has 9 N–H and O–H groups in total. The highest BCUT2D eigenvalue weighted by atomic mass is 32.2. The molecule has 6 atom stereocenters. The molecule has 0 aliphatic carbocycles. The molecule has 0 aromatic heterocycles. The van der Waals surface area contributed by atoms with E-state index < -0.39 is 102 Å². The molecule has 0 unspecified atom stereocenters. The van der Waals surface area contributed by atoms with Crippen LogP contribution in [0.3, 0.4) is 0 Å². The Kier molecular flexibility index (Phi) is 20.6. The highest BCUT2D eigenvalue weighted by Crippen LogP contribution is 2.15. The monoisotopic (exact) mass is 850 g/mol. The van der Waals surface area contributed by atoms with Crippen molar-refractivity contribution < 1.29 is 43.2 Å². The molecule has 326 valence electrons. The maximum absolute atomic E-state index is 14.2. The number of carbonyl (C=O) groups excluding carboxylic acids is 9. The summed E-state index contributed by atoms with van der Waals surface area (Å²) in [5, 5.41) is 8.04. The van der Waals surface area contributed by atoms with Gasteiger partial charge in [-0.1, -0.05) is 80.9 Å². The predicted molar refractivity (Wildman–Crippen MR) is 225 cm³/mol. The summed E-state index contributed by atoms with van der Waals surface area (Å²) in [7, 11) is 0. The van der Waals surface area contributed by atoms with Gasteiger partial charge in [-0.15, -0.1) is 0 Å². The van der Waals surface area contributed by atoms with E-state index in [4.69, 9.17) is 11.5 Å². The van der Waals surface area contributed by atoms with Crippen LogP contribution < -0.4 is 38.3 Å². The average molecular weight is 851 g/mol. The summed E-state index contributed by atoms with van der Waals surface area (Å²) in [4.78, 5) is 121. The number of carbonyl (C=O) groups is 9. The first-order valence-electron chi connectivity index (χ1n) is 20.1. The van der Waals surface area contributed by atoms with Gasteiger partial charge in [0.2, 0.25) is 47.0 Å². The Balaban J connectivity index is 2.03. The standard InChI is InChI=1S/C42H58N8O9S/c1-4-26(2)37-41(58)46-30(15-16-34(43)52)38(55)39(56)32(24-35(44)53)49-48-31(42(59)50(25-27(3)51)20-17-28-11-7-5-8-12-28)18-21-60-22-19-36(54)45-33(40(57)47-37)23-29-13-9-6-10-14-29/h5-14,26,30-33,37,48-49H,4,15-25H2,1-3H3,(H2,43,52)(H2,44,53)(H,45,54)(H,46,58)(H,47,57)/t26-,30-,31-,32-,33-,37-/m0/s1. The normalized spacial score (nSPS) is 22.1. The van der Waals surface area contributed by atoms with Gasteiger partial charge in [-0.25, -0.2) is 10.9 Å². The number of nitrogens with two attached hydrogens (primary N) is 2. The largest absolute Gasteiger partial charge is 0.370 e. The number of hydrogen-bond acceptors (Lipinski definition) is 12. The predicted octanol–water partition coefficient (Wildman–Crippen LogP) is 0.0274.